The van der Waals surface area contributed by atoms with Crippen molar-refractivity contribution in [3.05, 3.63) is 29.6 Å². The Balaban J connectivity index is 2.53. The van der Waals surface area contributed by atoms with Crippen molar-refractivity contribution in [3.8, 4) is 0 Å². The van der Waals surface area contributed by atoms with Crippen LogP contribution in [0.1, 0.15) is 19.4 Å². The van der Waals surface area contributed by atoms with E-state index in [2.05, 4.69) is 5.32 Å². The molecule has 0 aromatic heterocycles. The first-order valence-electron chi connectivity index (χ1n) is 4.79. The Morgan fingerprint density at radius 3 is 2.80 bits per heavy atom. The summed E-state index contributed by atoms with van der Waals surface area (Å²) in [5, 5.41) is 3.01. The summed E-state index contributed by atoms with van der Waals surface area (Å²) in [6, 6.07) is 3.97. The molecule has 2 rings (SSSR count). The van der Waals surface area contributed by atoms with Gasteiger partial charge in [0.05, 0.1) is 0 Å². The maximum Gasteiger partial charge on any atom is 0.240 e. The van der Waals surface area contributed by atoms with E-state index >= 15 is 0 Å². The lowest BCUT2D eigenvalue weighted by molar-refractivity contribution is -0.119. The van der Waals surface area contributed by atoms with Gasteiger partial charge in [0.2, 0.25) is 5.91 Å². The molecule has 0 bridgehead atoms. The lowest BCUT2D eigenvalue weighted by atomic mass is 9.80. The molecule has 3 N–H and O–H groups in total. The number of carbonyl (C=O) groups is 1. The molecule has 0 spiro atoms. The van der Waals surface area contributed by atoms with E-state index < -0.39 is 17.4 Å². The number of nitrogens with one attached hydrogen (secondary N) is 1. The van der Waals surface area contributed by atoms with Gasteiger partial charge in [0, 0.05) is 11.1 Å². The number of rotatable bonds is 1. The summed E-state index contributed by atoms with van der Waals surface area (Å²) < 4.78 is 13.1. The molecule has 1 aliphatic heterocycles. The molecule has 3 nitrogen and oxygen atoms in total. The van der Waals surface area contributed by atoms with Gasteiger partial charge in [-0.2, -0.15) is 0 Å². The van der Waals surface area contributed by atoms with Gasteiger partial charge in [0.25, 0.3) is 0 Å². The minimum absolute atomic E-state index is 0.297. The zero-order valence-electron chi connectivity index (χ0n) is 8.67. The smallest absolute Gasteiger partial charge is 0.240 e. The van der Waals surface area contributed by atoms with Gasteiger partial charge >= 0.3 is 0 Å². The highest BCUT2D eigenvalue weighted by Gasteiger charge is 2.42. The average molecular weight is 208 g/mol. The maximum absolute atomic E-state index is 13.1. The lowest BCUT2D eigenvalue weighted by Crippen LogP contribution is -2.44. The normalized spacial score (nSPS) is 21.9. The van der Waals surface area contributed by atoms with Gasteiger partial charge in [-0.25, -0.2) is 4.39 Å². The molecule has 0 radical (unpaired) electrons. The van der Waals surface area contributed by atoms with E-state index in [1.807, 2.05) is 13.8 Å². The fraction of sp³-hybridized carbons (Fsp3) is 0.364. The summed E-state index contributed by atoms with van der Waals surface area (Å²) in [5.74, 6) is -0.717. The van der Waals surface area contributed by atoms with Crippen molar-refractivity contribution in [2.24, 2.45) is 5.73 Å². The second-order valence-corrected chi connectivity index (χ2v) is 4.39. The van der Waals surface area contributed by atoms with Crippen LogP contribution in [0.4, 0.5) is 10.1 Å². The standard InChI is InChI=1S/C11H13FN2O/c1-11(2)7-5-6(12)3-4-8(7)14-9(11)10(13)15/h3-5,9,14H,1-2H3,(H2,13,15)/t9-/m0/s1. The molecule has 15 heavy (non-hydrogen) atoms. The van der Waals surface area contributed by atoms with E-state index in [-0.39, 0.29) is 5.82 Å². The number of benzene rings is 1. The molecule has 4 heteroatoms. The molecular weight excluding hydrogens is 195 g/mol. The number of anilines is 1. The number of amides is 1. The molecule has 1 aromatic rings. The molecule has 1 atom stereocenters. The zero-order chi connectivity index (χ0) is 11.2. The van der Waals surface area contributed by atoms with Crippen LogP contribution in [0.3, 0.4) is 0 Å². The fourth-order valence-corrected chi connectivity index (χ4v) is 2.09. The summed E-state index contributed by atoms with van der Waals surface area (Å²) in [4.78, 5) is 11.2. The van der Waals surface area contributed by atoms with E-state index in [1.54, 1.807) is 6.07 Å². The van der Waals surface area contributed by atoms with Crippen molar-refractivity contribution < 1.29 is 9.18 Å². The first-order valence-corrected chi connectivity index (χ1v) is 4.79. The highest BCUT2D eigenvalue weighted by molar-refractivity contribution is 5.88. The van der Waals surface area contributed by atoms with Crippen LogP contribution in [0.5, 0.6) is 0 Å². The topological polar surface area (TPSA) is 55.1 Å². The molecule has 80 valence electrons. The Morgan fingerprint density at radius 2 is 2.20 bits per heavy atom. The Labute approximate surface area is 87.5 Å². The molecular formula is C11H13FN2O. The van der Waals surface area contributed by atoms with Crippen molar-refractivity contribution in [2.45, 2.75) is 25.3 Å². The van der Waals surface area contributed by atoms with Crippen LogP contribution >= 0.6 is 0 Å². The summed E-state index contributed by atoms with van der Waals surface area (Å²) in [7, 11) is 0. The predicted octanol–water partition coefficient (Wildman–Crippen LogP) is 1.38. The highest BCUT2D eigenvalue weighted by atomic mass is 19.1. The SMILES string of the molecule is CC1(C)c2cc(F)ccc2N[C@H]1C(N)=O. The lowest BCUT2D eigenvalue weighted by Gasteiger charge is -2.24. The van der Waals surface area contributed by atoms with Gasteiger partial charge in [-0.3, -0.25) is 4.79 Å². The van der Waals surface area contributed by atoms with E-state index in [4.69, 9.17) is 5.73 Å². The van der Waals surface area contributed by atoms with Crippen molar-refractivity contribution in [1.29, 1.82) is 0 Å². The van der Waals surface area contributed by atoms with Crippen LogP contribution in [0.2, 0.25) is 0 Å². The second kappa shape index (κ2) is 2.95. The first kappa shape index (κ1) is 9.96. The number of hydrogen-bond donors (Lipinski definition) is 2. The number of fused-ring (bicyclic) bond motifs is 1. The van der Waals surface area contributed by atoms with E-state index in [0.717, 1.165) is 11.3 Å². The van der Waals surface area contributed by atoms with Crippen LogP contribution in [0.25, 0.3) is 0 Å². The number of hydrogen-bond acceptors (Lipinski definition) is 2. The number of carbonyl (C=O) groups excluding carboxylic acids is 1. The Bertz CT molecular complexity index is 429. The van der Waals surface area contributed by atoms with Gasteiger partial charge in [0.1, 0.15) is 11.9 Å². The summed E-state index contributed by atoms with van der Waals surface area (Å²) in [6.07, 6.45) is 0. The Hall–Kier alpha value is -1.58. The summed E-state index contributed by atoms with van der Waals surface area (Å²) in [6.45, 7) is 3.75. The first-order chi connectivity index (χ1) is 6.93. The monoisotopic (exact) mass is 208 g/mol. The van der Waals surface area contributed by atoms with Crippen LogP contribution in [0, 0.1) is 5.82 Å². The Kier molecular flexibility index (Phi) is 1.96. The van der Waals surface area contributed by atoms with Gasteiger partial charge < -0.3 is 11.1 Å². The third kappa shape index (κ3) is 1.37. The molecule has 0 fully saturated rings. The number of nitrogens with two attached hydrogens (primary N) is 1. The fourth-order valence-electron chi connectivity index (χ4n) is 2.09. The minimum Gasteiger partial charge on any atom is -0.373 e. The predicted molar refractivity (Wildman–Crippen MR) is 56.0 cm³/mol. The van der Waals surface area contributed by atoms with Crippen molar-refractivity contribution in [3.63, 3.8) is 0 Å². The molecule has 0 aliphatic carbocycles. The second-order valence-electron chi connectivity index (χ2n) is 4.39. The Morgan fingerprint density at radius 1 is 1.53 bits per heavy atom. The largest absolute Gasteiger partial charge is 0.373 e. The van der Waals surface area contributed by atoms with Gasteiger partial charge in [-0.1, -0.05) is 13.8 Å². The average Bonchev–Trinajstić information content (AvgIpc) is 2.39. The van der Waals surface area contributed by atoms with E-state index in [1.165, 1.54) is 12.1 Å². The quantitative estimate of drug-likeness (QED) is 0.732. The number of primary amides is 1. The van der Waals surface area contributed by atoms with E-state index in [9.17, 15) is 9.18 Å². The minimum atomic E-state index is -0.478. The van der Waals surface area contributed by atoms with Crippen LogP contribution in [-0.4, -0.2) is 11.9 Å². The van der Waals surface area contributed by atoms with Gasteiger partial charge in [-0.05, 0) is 23.8 Å². The van der Waals surface area contributed by atoms with Crippen molar-refractivity contribution in [1.82, 2.24) is 0 Å². The third-order valence-corrected chi connectivity index (χ3v) is 2.98. The van der Waals surface area contributed by atoms with Crippen LogP contribution in [0.15, 0.2) is 18.2 Å². The summed E-state index contributed by atoms with van der Waals surface area (Å²) in [5.41, 5.74) is 6.41. The third-order valence-electron chi connectivity index (χ3n) is 2.98. The van der Waals surface area contributed by atoms with Crippen molar-refractivity contribution >= 4 is 11.6 Å². The van der Waals surface area contributed by atoms with Gasteiger partial charge in [0.15, 0.2) is 0 Å². The molecule has 0 saturated heterocycles. The molecule has 1 amide bonds. The van der Waals surface area contributed by atoms with Crippen LogP contribution < -0.4 is 11.1 Å². The molecule has 0 unspecified atom stereocenters. The molecule has 1 aromatic carbocycles. The maximum atomic E-state index is 13.1. The molecule has 1 heterocycles. The zero-order valence-corrected chi connectivity index (χ0v) is 8.67. The highest BCUT2D eigenvalue weighted by Crippen LogP contribution is 2.40. The summed E-state index contributed by atoms with van der Waals surface area (Å²) >= 11 is 0. The van der Waals surface area contributed by atoms with Crippen molar-refractivity contribution in [2.75, 3.05) is 5.32 Å². The molecule has 0 saturated carbocycles. The van der Waals surface area contributed by atoms with E-state index in [0.29, 0.717) is 0 Å². The number of halogens is 1. The molecule has 1 aliphatic rings. The van der Waals surface area contributed by atoms with Crippen LogP contribution in [-0.2, 0) is 10.2 Å². The van der Waals surface area contributed by atoms with Gasteiger partial charge in [-0.15, -0.1) is 0 Å².